The Hall–Kier alpha value is -2.73. The van der Waals surface area contributed by atoms with E-state index in [4.69, 9.17) is 0 Å². The van der Waals surface area contributed by atoms with Crippen LogP contribution in [0.4, 0.5) is 0 Å². The van der Waals surface area contributed by atoms with Crippen molar-refractivity contribution in [1.29, 1.82) is 0 Å². The molecule has 0 saturated heterocycles. The van der Waals surface area contributed by atoms with Gasteiger partial charge in [-0.3, -0.25) is 0 Å². The standard InChI is InChI=1S/2C19H15.S.2Sn/c2*1-4-10-16(11-5-1)19(17-12-6-2-7-13-17)18-14-8-3-9-15-18;;;/h2*1-15H;;;. The summed E-state index contributed by atoms with van der Waals surface area (Å²) in [7, 11) is 0. The summed E-state index contributed by atoms with van der Waals surface area (Å²) in [5.41, 5.74) is 8.50. The zero-order valence-corrected chi connectivity index (χ0v) is 29.3. The summed E-state index contributed by atoms with van der Waals surface area (Å²) in [4.78, 5) is 0. The minimum absolute atomic E-state index is 0.0888. The Balaban J connectivity index is 1.50. The normalized spacial score (nSPS) is 11.7. The molecule has 0 unspecified atom stereocenters. The SMILES string of the molecule is c1ccc([C]([Sn][S][Sn][C](c2ccccc2)(c2ccccc2)c2ccccc2)(c2ccccc2)c2ccccc2)cc1. The summed E-state index contributed by atoms with van der Waals surface area (Å²) in [6.45, 7) is 0. The van der Waals surface area contributed by atoms with Gasteiger partial charge in [0.15, 0.2) is 0 Å². The van der Waals surface area contributed by atoms with E-state index in [0.717, 1.165) is 0 Å². The molecule has 0 amide bonds. The van der Waals surface area contributed by atoms with Crippen molar-refractivity contribution in [1.82, 2.24) is 0 Å². The Bertz CT molecular complexity index is 1310. The maximum absolute atomic E-state index is 2.38. The second-order valence-electron chi connectivity index (χ2n) is 10.0. The van der Waals surface area contributed by atoms with Gasteiger partial charge in [0.25, 0.3) is 0 Å². The van der Waals surface area contributed by atoms with Crippen LogP contribution in [-0.2, 0) is 6.86 Å². The first-order chi connectivity index (χ1) is 20.3. The Labute approximate surface area is 265 Å². The number of hydrogen-bond acceptors (Lipinski definition) is 1. The molecule has 0 nitrogen and oxygen atoms in total. The van der Waals surface area contributed by atoms with Crippen LogP contribution in [0, 0.1) is 0 Å². The molecule has 0 bridgehead atoms. The van der Waals surface area contributed by atoms with Crippen LogP contribution >= 0.6 is 6.13 Å². The topological polar surface area (TPSA) is 0 Å². The van der Waals surface area contributed by atoms with Gasteiger partial charge in [-0.15, -0.1) is 0 Å². The van der Waals surface area contributed by atoms with Crippen LogP contribution in [0.25, 0.3) is 0 Å². The molecular formula is C38H30SSn2. The van der Waals surface area contributed by atoms with Crippen molar-refractivity contribution in [3.8, 4) is 0 Å². The summed E-state index contributed by atoms with van der Waals surface area (Å²) in [5.74, 6) is 0. The summed E-state index contributed by atoms with van der Waals surface area (Å²) < 4.78 is -0.178. The van der Waals surface area contributed by atoms with Crippen molar-refractivity contribution in [2.24, 2.45) is 0 Å². The Morgan fingerprint density at radius 2 is 0.439 bits per heavy atom. The number of rotatable bonds is 10. The Morgan fingerprint density at radius 1 is 0.268 bits per heavy atom. The molecule has 0 N–H and O–H groups in total. The van der Waals surface area contributed by atoms with E-state index in [0.29, 0.717) is 0 Å². The van der Waals surface area contributed by atoms with Gasteiger partial charge in [-0.25, -0.2) is 0 Å². The van der Waals surface area contributed by atoms with Gasteiger partial charge in [0, 0.05) is 0 Å². The summed E-state index contributed by atoms with van der Waals surface area (Å²) in [6.07, 6.45) is 2.38. The molecule has 0 fully saturated rings. The van der Waals surface area contributed by atoms with E-state index in [1.54, 1.807) is 0 Å². The minimum atomic E-state index is -1.17. The number of hydrogen-bond donors (Lipinski definition) is 0. The number of benzene rings is 6. The van der Waals surface area contributed by atoms with E-state index in [-0.39, 0.29) is 6.86 Å². The van der Waals surface area contributed by atoms with Crippen LogP contribution < -0.4 is 0 Å². The van der Waals surface area contributed by atoms with Crippen molar-refractivity contribution in [3.63, 3.8) is 0 Å². The average molecular weight is 756 g/mol. The third-order valence-electron chi connectivity index (χ3n) is 7.65. The molecule has 6 aromatic carbocycles. The van der Waals surface area contributed by atoms with E-state index in [1.165, 1.54) is 33.4 Å². The molecule has 0 heterocycles. The van der Waals surface area contributed by atoms with Gasteiger partial charge in [-0.05, 0) is 0 Å². The third-order valence-corrected chi connectivity index (χ3v) is 32.1. The van der Waals surface area contributed by atoms with Crippen molar-refractivity contribution >= 4 is 45.6 Å². The first-order valence-electron chi connectivity index (χ1n) is 13.9. The third kappa shape index (κ3) is 5.82. The van der Waals surface area contributed by atoms with Gasteiger partial charge < -0.3 is 0 Å². The molecule has 0 aliphatic rings. The predicted octanol–water partition coefficient (Wildman–Crippen LogP) is 8.94. The molecule has 0 spiro atoms. The second kappa shape index (κ2) is 13.5. The molecule has 4 radical (unpaired) electrons. The van der Waals surface area contributed by atoms with Gasteiger partial charge in [0.2, 0.25) is 0 Å². The summed E-state index contributed by atoms with van der Waals surface area (Å²) in [6, 6.07) is 67.6. The fraction of sp³-hybridized carbons (Fsp3) is 0.0526. The Morgan fingerprint density at radius 3 is 0.610 bits per heavy atom. The molecule has 0 saturated carbocycles. The van der Waals surface area contributed by atoms with Gasteiger partial charge in [-0.1, -0.05) is 0 Å². The van der Waals surface area contributed by atoms with Gasteiger partial charge in [-0.2, -0.15) is 0 Å². The molecule has 0 aliphatic carbocycles. The molecule has 3 heteroatoms. The van der Waals surface area contributed by atoms with E-state index in [9.17, 15) is 0 Å². The maximum atomic E-state index is 2.38. The van der Waals surface area contributed by atoms with Crippen molar-refractivity contribution in [2.75, 3.05) is 0 Å². The van der Waals surface area contributed by atoms with Gasteiger partial charge in [0.1, 0.15) is 0 Å². The fourth-order valence-corrected chi connectivity index (χ4v) is 39.2. The summed E-state index contributed by atoms with van der Waals surface area (Å²) >= 11 is -2.34. The van der Waals surface area contributed by atoms with Crippen LogP contribution in [0.2, 0.25) is 0 Å². The molecule has 196 valence electrons. The van der Waals surface area contributed by atoms with Gasteiger partial charge >= 0.3 is 268 Å². The average Bonchev–Trinajstić information content (AvgIpc) is 3.08. The van der Waals surface area contributed by atoms with E-state index < -0.39 is 39.5 Å². The molecule has 41 heavy (non-hydrogen) atoms. The fourth-order valence-electron chi connectivity index (χ4n) is 5.66. The van der Waals surface area contributed by atoms with E-state index >= 15 is 0 Å². The van der Waals surface area contributed by atoms with Crippen LogP contribution in [0.3, 0.4) is 0 Å². The van der Waals surface area contributed by atoms with Crippen LogP contribution in [0.1, 0.15) is 33.4 Å². The monoisotopic (exact) mass is 758 g/mol. The zero-order valence-electron chi connectivity index (χ0n) is 22.7. The molecule has 0 aliphatic heterocycles. The molecule has 6 aromatic rings. The molecule has 0 aromatic heterocycles. The predicted molar refractivity (Wildman–Crippen MR) is 178 cm³/mol. The summed E-state index contributed by atoms with van der Waals surface area (Å²) in [5, 5.41) is 0. The first-order valence-corrected chi connectivity index (χ1v) is 24.5. The van der Waals surface area contributed by atoms with Crippen molar-refractivity contribution in [2.45, 2.75) is 6.86 Å². The van der Waals surface area contributed by atoms with E-state index in [1.807, 2.05) is 0 Å². The Kier molecular flexibility index (Phi) is 9.34. The van der Waals surface area contributed by atoms with Crippen LogP contribution in [0.5, 0.6) is 0 Å². The quantitative estimate of drug-likeness (QED) is 0.0995. The van der Waals surface area contributed by atoms with Crippen molar-refractivity contribution < 1.29 is 0 Å². The van der Waals surface area contributed by atoms with E-state index in [2.05, 4.69) is 188 Å². The van der Waals surface area contributed by atoms with Crippen molar-refractivity contribution in [3.05, 3.63) is 215 Å². The molecule has 6 rings (SSSR count). The van der Waals surface area contributed by atoms with Crippen LogP contribution in [-0.4, -0.2) is 39.5 Å². The van der Waals surface area contributed by atoms with Crippen LogP contribution in [0.15, 0.2) is 182 Å². The molecule has 0 atom stereocenters. The first kappa shape index (κ1) is 28.4. The molecular weight excluding hydrogens is 726 g/mol. The zero-order chi connectivity index (χ0) is 27.8. The van der Waals surface area contributed by atoms with Gasteiger partial charge in [0.05, 0.1) is 0 Å². The second-order valence-corrected chi connectivity index (χ2v) is 31.9.